The Hall–Kier alpha value is -1.52. The molecule has 1 saturated carbocycles. The molecule has 0 unspecified atom stereocenters. The molecule has 0 radical (unpaired) electrons. The Morgan fingerprint density at radius 3 is 1.72 bits per heavy atom. The third kappa shape index (κ3) is 13.1. The van der Waals surface area contributed by atoms with E-state index in [0.29, 0.717) is 16.3 Å². The van der Waals surface area contributed by atoms with Crippen molar-refractivity contribution < 1.29 is 13.2 Å². The van der Waals surface area contributed by atoms with Crippen molar-refractivity contribution in [2.45, 2.75) is 107 Å². The number of nitrogens with one attached hydrogen (secondary N) is 1. The van der Waals surface area contributed by atoms with Crippen LogP contribution >= 0.6 is 23.2 Å². The molecular formula is C30H46Cl2F3N. The highest BCUT2D eigenvalue weighted by molar-refractivity contribution is 6.37. The van der Waals surface area contributed by atoms with Crippen LogP contribution in [0.2, 0.25) is 10.0 Å². The fraction of sp³-hybridized carbons (Fsp3) is 0.567. The monoisotopic (exact) mass is 547 g/mol. The highest BCUT2D eigenvalue weighted by Gasteiger charge is 2.32. The van der Waals surface area contributed by atoms with Crippen LogP contribution in [0.4, 0.5) is 13.2 Å². The highest BCUT2D eigenvalue weighted by Crippen LogP contribution is 2.38. The van der Waals surface area contributed by atoms with Crippen molar-refractivity contribution in [3.05, 3.63) is 63.2 Å². The molecule has 1 N–H and O–H groups in total. The van der Waals surface area contributed by atoms with Crippen molar-refractivity contribution in [2.24, 2.45) is 5.41 Å². The van der Waals surface area contributed by atoms with Gasteiger partial charge < -0.3 is 5.41 Å². The van der Waals surface area contributed by atoms with E-state index in [1.165, 1.54) is 45.4 Å². The van der Waals surface area contributed by atoms with Crippen LogP contribution in [0.5, 0.6) is 0 Å². The maximum Gasteiger partial charge on any atom is 0.413 e. The molecular weight excluding hydrogens is 502 g/mol. The molecule has 0 spiro atoms. The number of hydrogen-bond acceptors (Lipinski definition) is 1. The molecule has 36 heavy (non-hydrogen) atoms. The van der Waals surface area contributed by atoms with E-state index in [4.69, 9.17) is 28.6 Å². The molecule has 1 aliphatic rings. The minimum Gasteiger partial charge on any atom is -0.308 e. The second kappa shape index (κ2) is 17.9. The first-order valence-electron chi connectivity index (χ1n) is 12.7. The van der Waals surface area contributed by atoms with Gasteiger partial charge in [-0.2, -0.15) is 13.2 Å². The van der Waals surface area contributed by atoms with E-state index in [1.54, 1.807) is 0 Å². The SMILES string of the molecule is C=C(C)/C(C=N)=C(/C)C(F)(F)F.C=C(CC)c1c(Cl)cc(C)cc1Cl.CC.CCC1(C)CCCCC1. The number of halogens is 5. The van der Waals surface area contributed by atoms with Crippen LogP contribution in [0.1, 0.15) is 105 Å². The molecule has 2 rings (SSSR count). The smallest absolute Gasteiger partial charge is 0.308 e. The number of rotatable bonds is 5. The van der Waals surface area contributed by atoms with Gasteiger partial charge in [-0.05, 0) is 74.3 Å². The first-order chi connectivity index (χ1) is 16.6. The summed E-state index contributed by atoms with van der Waals surface area (Å²) in [4.78, 5) is 0. The lowest BCUT2D eigenvalue weighted by molar-refractivity contribution is -0.0916. The van der Waals surface area contributed by atoms with Crippen LogP contribution in [-0.4, -0.2) is 12.4 Å². The Kier molecular flexibility index (Phi) is 18.2. The highest BCUT2D eigenvalue weighted by atomic mass is 35.5. The Bertz CT molecular complexity index is 854. The van der Waals surface area contributed by atoms with Gasteiger partial charge in [0.2, 0.25) is 0 Å². The van der Waals surface area contributed by atoms with Gasteiger partial charge in [-0.15, -0.1) is 0 Å². The number of benzene rings is 1. The molecule has 0 amide bonds. The van der Waals surface area contributed by atoms with Gasteiger partial charge in [0.05, 0.1) is 0 Å². The molecule has 1 aliphatic carbocycles. The van der Waals surface area contributed by atoms with Gasteiger partial charge in [-0.1, -0.05) is 96.7 Å². The van der Waals surface area contributed by atoms with Crippen LogP contribution in [-0.2, 0) is 0 Å². The molecule has 0 aliphatic heterocycles. The van der Waals surface area contributed by atoms with E-state index < -0.39 is 11.7 Å². The van der Waals surface area contributed by atoms with Gasteiger partial charge >= 0.3 is 6.18 Å². The molecule has 0 aromatic heterocycles. The quantitative estimate of drug-likeness (QED) is 0.280. The van der Waals surface area contributed by atoms with Crippen molar-refractivity contribution in [3.63, 3.8) is 0 Å². The van der Waals surface area contributed by atoms with Crippen molar-refractivity contribution >= 4 is 35.0 Å². The zero-order valence-corrected chi connectivity index (χ0v) is 25.0. The van der Waals surface area contributed by atoms with Crippen LogP contribution in [0.25, 0.3) is 5.57 Å². The lowest BCUT2D eigenvalue weighted by Crippen LogP contribution is -2.18. The Balaban J connectivity index is 0. The summed E-state index contributed by atoms with van der Waals surface area (Å²) in [6, 6.07) is 3.81. The van der Waals surface area contributed by atoms with Crippen molar-refractivity contribution in [1.82, 2.24) is 0 Å². The van der Waals surface area contributed by atoms with Gasteiger partial charge in [0, 0.05) is 33.0 Å². The van der Waals surface area contributed by atoms with E-state index in [-0.39, 0.29) is 11.1 Å². The van der Waals surface area contributed by atoms with E-state index in [2.05, 4.69) is 27.0 Å². The molecule has 6 heteroatoms. The number of allylic oxidation sites excluding steroid dienone is 4. The van der Waals surface area contributed by atoms with Crippen molar-refractivity contribution in [3.8, 4) is 0 Å². The Labute approximate surface area is 228 Å². The predicted molar refractivity (Wildman–Crippen MR) is 156 cm³/mol. The molecule has 1 fully saturated rings. The average Bonchev–Trinajstić information content (AvgIpc) is 2.80. The van der Waals surface area contributed by atoms with Gasteiger partial charge in [-0.25, -0.2) is 0 Å². The number of alkyl halides is 3. The maximum absolute atomic E-state index is 12.0. The zero-order chi connectivity index (χ0) is 28.7. The van der Waals surface area contributed by atoms with E-state index >= 15 is 0 Å². The van der Waals surface area contributed by atoms with E-state index in [9.17, 15) is 13.2 Å². The molecule has 0 saturated heterocycles. The molecule has 0 bridgehead atoms. The standard InChI is InChI=1S/C11H12Cl2.C9H18.C8H10F3N.C2H6/c1-4-8(3)11-9(12)5-7(2)6-10(11)13;1-3-9(2)7-5-4-6-8-9;1-5(2)7(4-12)6(3)8(9,10)11;1-2/h5-6H,3-4H2,1-2H3;3-8H2,1-2H3;4,12H,1H2,2-3H3;1-2H3/b;;7-6-,12-4?;. The van der Waals surface area contributed by atoms with Crippen molar-refractivity contribution in [1.29, 1.82) is 5.41 Å². The normalized spacial score (nSPS) is 14.9. The zero-order valence-electron chi connectivity index (χ0n) is 23.5. The topological polar surface area (TPSA) is 23.9 Å². The Morgan fingerprint density at radius 1 is 1.03 bits per heavy atom. The third-order valence-corrected chi connectivity index (χ3v) is 6.91. The average molecular weight is 549 g/mol. The van der Waals surface area contributed by atoms with E-state index in [0.717, 1.165) is 35.5 Å². The molecule has 0 heterocycles. The summed E-state index contributed by atoms with van der Waals surface area (Å²) in [5, 5.41) is 8.14. The van der Waals surface area contributed by atoms with Crippen LogP contribution in [0.3, 0.4) is 0 Å². The largest absolute Gasteiger partial charge is 0.413 e. The summed E-state index contributed by atoms with van der Waals surface area (Å²) in [5.74, 6) is 0. The van der Waals surface area contributed by atoms with Crippen molar-refractivity contribution in [2.75, 3.05) is 0 Å². The molecule has 1 aromatic rings. The summed E-state index contributed by atoms with van der Waals surface area (Å²) in [5.41, 5.74) is 2.99. The van der Waals surface area contributed by atoms with Crippen LogP contribution in [0.15, 0.2) is 42.0 Å². The van der Waals surface area contributed by atoms with E-state index in [1.807, 2.05) is 39.8 Å². The first-order valence-corrected chi connectivity index (χ1v) is 13.5. The summed E-state index contributed by atoms with van der Waals surface area (Å²) in [6.07, 6.45) is 5.93. The number of hydrogen-bond donors (Lipinski definition) is 1. The van der Waals surface area contributed by atoms with Gasteiger partial charge in [0.1, 0.15) is 0 Å². The lowest BCUT2D eigenvalue weighted by atomic mass is 9.74. The van der Waals surface area contributed by atoms with Gasteiger partial charge in [0.15, 0.2) is 0 Å². The number of aryl methyl sites for hydroxylation is 1. The van der Waals surface area contributed by atoms with Gasteiger partial charge in [0.25, 0.3) is 0 Å². The summed E-state index contributed by atoms with van der Waals surface area (Å²) in [7, 11) is 0. The Morgan fingerprint density at radius 2 is 1.47 bits per heavy atom. The van der Waals surface area contributed by atoms with Crippen LogP contribution < -0.4 is 0 Å². The summed E-state index contributed by atoms with van der Waals surface area (Å²) in [6.45, 7) is 22.4. The summed E-state index contributed by atoms with van der Waals surface area (Å²) >= 11 is 12.1. The first kappa shape index (κ1) is 36.6. The maximum atomic E-state index is 12.0. The predicted octanol–water partition coefficient (Wildman–Crippen LogP) is 12.2. The molecule has 1 nitrogen and oxygen atoms in total. The summed E-state index contributed by atoms with van der Waals surface area (Å²) < 4.78 is 36.1. The minimum absolute atomic E-state index is 0.150. The lowest BCUT2D eigenvalue weighted by Gasteiger charge is -2.32. The molecule has 206 valence electrons. The second-order valence-corrected chi connectivity index (χ2v) is 10.1. The molecule has 1 aromatic carbocycles. The fourth-order valence-corrected chi connectivity index (χ4v) is 4.54. The fourth-order valence-electron chi connectivity index (χ4n) is 3.68. The van der Waals surface area contributed by atoms with Crippen LogP contribution in [0, 0.1) is 17.7 Å². The van der Waals surface area contributed by atoms with Gasteiger partial charge in [-0.3, -0.25) is 0 Å². The minimum atomic E-state index is -4.37. The second-order valence-electron chi connectivity index (χ2n) is 9.25. The molecule has 0 atom stereocenters. The third-order valence-electron chi connectivity index (χ3n) is 6.31.